The highest BCUT2D eigenvalue weighted by molar-refractivity contribution is 6.31. The van der Waals surface area contributed by atoms with E-state index in [9.17, 15) is 0 Å². The molecule has 0 aliphatic heterocycles. The van der Waals surface area contributed by atoms with Gasteiger partial charge in [-0.1, -0.05) is 42.8 Å². The van der Waals surface area contributed by atoms with E-state index in [0.29, 0.717) is 0 Å². The summed E-state index contributed by atoms with van der Waals surface area (Å²) in [4.78, 5) is 4.62. The third kappa shape index (κ3) is 3.55. The summed E-state index contributed by atoms with van der Waals surface area (Å²) in [5.74, 6) is 0. The molecule has 3 heteroatoms. The molecular weight excluding hydrogens is 256 g/mol. The van der Waals surface area contributed by atoms with E-state index in [4.69, 9.17) is 11.6 Å². The Bertz CT molecular complexity index is 540. The van der Waals surface area contributed by atoms with Crippen LogP contribution in [-0.4, -0.2) is 11.5 Å². The van der Waals surface area contributed by atoms with E-state index in [-0.39, 0.29) is 6.04 Å². The maximum absolute atomic E-state index is 6.32. The highest BCUT2D eigenvalue weighted by atomic mass is 35.5. The van der Waals surface area contributed by atoms with Crippen LogP contribution in [-0.2, 0) is 0 Å². The summed E-state index contributed by atoms with van der Waals surface area (Å²) < 4.78 is 0. The zero-order valence-corrected chi connectivity index (χ0v) is 12.1. The Balaban J connectivity index is 2.38. The van der Waals surface area contributed by atoms with Gasteiger partial charge in [-0.25, -0.2) is 0 Å². The van der Waals surface area contributed by atoms with Crippen molar-refractivity contribution in [3.8, 4) is 0 Å². The molecule has 0 amide bonds. The van der Waals surface area contributed by atoms with Crippen LogP contribution in [0.15, 0.2) is 42.5 Å². The van der Waals surface area contributed by atoms with Crippen molar-refractivity contribution in [3.05, 3.63) is 64.4 Å². The molecule has 2 rings (SSSR count). The molecule has 1 atom stereocenters. The first-order valence-corrected chi connectivity index (χ1v) is 7.01. The fourth-order valence-electron chi connectivity index (χ4n) is 2.10. The van der Waals surface area contributed by atoms with Crippen LogP contribution in [0.5, 0.6) is 0 Å². The zero-order chi connectivity index (χ0) is 13.7. The lowest BCUT2D eigenvalue weighted by molar-refractivity contribution is 0.585. The molecule has 2 nitrogen and oxygen atoms in total. The van der Waals surface area contributed by atoms with Crippen molar-refractivity contribution < 1.29 is 0 Å². The zero-order valence-electron chi connectivity index (χ0n) is 11.4. The fourth-order valence-corrected chi connectivity index (χ4v) is 2.34. The summed E-state index contributed by atoms with van der Waals surface area (Å²) in [6, 6.07) is 14.1. The molecule has 0 radical (unpaired) electrons. The van der Waals surface area contributed by atoms with Crippen LogP contribution < -0.4 is 5.32 Å². The van der Waals surface area contributed by atoms with Gasteiger partial charge in [0.25, 0.3) is 0 Å². The van der Waals surface area contributed by atoms with Crippen molar-refractivity contribution in [2.45, 2.75) is 26.3 Å². The van der Waals surface area contributed by atoms with Gasteiger partial charge in [-0.3, -0.25) is 4.98 Å². The van der Waals surface area contributed by atoms with Gasteiger partial charge in [0, 0.05) is 10.7 Å². The fraction of sp³-hybridized carbons (Fsp3) is 0.312. The van der Waals surface area contributed by atoms with Crippen LogP contribution in [0.1, 0.15) is 36.3 Å². The minimum absolute atomic E-state index is 0.0496. The van der Waals surface area contributed by atoms with Gasteiger partial charge in [-0.05, 0) is 43.7 Å². The molecule has 0 fully saturated rings. The Hall–Kier alpha value is -1.38. The number of nitrogens with one attached hydrogen (secondary N) is 1. The highest BCUT2D eigenvalue weighted by Crippen LogP contribution is 2.27. The number of rotatable bonds is 5. The SMILES string of the molecule is CCCNC(c1cccc(C)n1)c1ccccc1Cl. The summed E-state index contributed by atoms with van der Waals surface area (Å²) in [7, 11) is 0. The standard InChI is InChI=1S/C16H19ClN2/c1-3-11-18-16(13-8-4-5-9-14(13)17)15-10-6-7-12(2)19-15/h4-10,16,18H,3,11H2,1-2H3. The van der Waals surface area contributed by atoms with Crippen molar-refractivity contribution in [1.29, 1.82) is 0 Å². The average molecular weight is 275 g/mol. The minimum Gasteiger partial charge on any atom is -0.305 e. The molecule has 1 N–H and O–H groups in total. The predicted molar refractivity (Wildman–Crippen MR) is 80.6 cm³/mol. The summed E-state index contributed by atoms with van der Waals surface area (Å²) >= 11 is 6.32. The number of halogens is 1. The first-order chi connectivity index (χ1) is 9.22. The maximum Gasteiger partial charge on any atom is 0.0766 e. The van der Waals surface area contributed by atoms with Crippen molar-refractivity contribution in [2.75, 3.05) is 6.54 Å². The largest absolute Gasteiger partial charge is 0.305 e. The lowest BCUT2D eigenvalue weighted by atomic mass is 10.0. The highest BCUT2D eigenvalue weighted by Gasteiger charge is 2.17. The molecule has 19 heavy (non-hydrogen) atoms. The van der Waals surface area contributed by atoms with Gasteiger partial charge in [0.05, 0.1) is 11.7 Å². The number of aryl methyl sites for hydroxylation is 1. The lowest BCUT2D eigenvalue weighted by Crippen LogP contribution is -2.24. The van der Waals surface area contributed by atoms with Gasteiger partial charge in [0.2, 0.25) is 0 Å². The van der Waals surface area contributed by atoms with Crippen LogP contribution in [0.2, 0.25) is 5.02 Å². The van der Waals surface area contributed by atoms with Gasteiger partial charge < -0.3 is 5.32 Å². The van der Waals surface area contributed by atoms with Crippen molar-refractivity contribution >= 4 is 11.6 Å². The third-order valence-corrected chi connectivity index (χ3v) is 3.36. The molecule has 0 spiro atoms. The Morgan fingerprint density at radius 1 is 1.16 bits per heavy atom. The molecule has 0 aliphatic carbocycles. The molecule has 1 aromatic heterocycles. The average Bonchev–Trinajstić information content (AvgIpc) is 2.41. The van der Waals surface area contributed by atoms with Crippen LogP contribution in [0.4, 0.5) is 0 Å². The molecule has 1 unspecified atom stereocenters. The monoisotopic (exact) mass is 274 g/mol. The van der Waals surface area contributed by atoms with E-state index < -0.39 is 0 Å². The van der Waals surface area contributed by atoms with Crippen LogP contribution in [0.3, 0.4) is 0 Å². The number of hydrogen-bond donors (Lipinski definition) is 1. The Labute approximate surface area is 119 Å². The first-order valence-electron chi connectivity index (χ1n) is 6.63. The molecule has 1 aromatic carbocycles. The normalized spacial score (nSPS) is 12.4. The van der Waals surface area contributed by atoms with Gasteiger partial charge in [0.15, 0.2) is 0 Å². The maximum atomic E-state index is 6.32. The second-order valence-corrected chi connectivity index (χ2v) is 5.02. The van der Waals surface area contributed by atoms with E-state index in [2.05, 4.69) is 23.3 Å². The van der Waals surface area contributed by atoms with Crippen molar-refractivity contribution in [1.82, 2.24) is 10.3 Å². The van der Waals surface area contributed by atoms with E-state index in [1.807, 2.05) is 43.3 Å². The number of pyridine rings is 1. The number of benzene rings is 1. The lowest BCUT2D eigenvalue weighted by Gasteiger charge is -2.20. The van der Waals surface area contributed by atoms with E-state index in [1.165, 1.54) is 0 Å². The van der Waals surface area contributed by atoms with E-state index in [0.717, 1.165) is 34.9 Å². The molecule has 1 heterocycles. The Morgan fingerprint density at radius 2 is 1.95 bits per heavy atom. The summed E-state index contributed by atoms with van der Waals surface area (Å²) in [6.07, 6.45) is 1.08. The van der Waals surface area contributed by atoms with Crippen LogP contribution in [0, 0.1) is 6.92 Å². The number of hydrogen-bond acceptors (Lipinski definition) is 2. The molecular formula is C16H19ClN2. The molecule has 0 saturated heterocycles. The summed E-state index contributed by atoms with van der Waals surface area (Å²) in [5, 5.41) is 4.30. The second-order valence-electron chi connectivity index (χ2n) is 4.61. The first kappa shape index (κ1) is 14.0. The smallest absolute Gasteiger partial charge is 0.0766 e. The molecule has 0 saturated carbocycles. The van der Waals surface area contributed by atoms with Gasteiger partial charge in [-0.2, -0.15) is 0 Å². The van der Waals surface area contributed by atoms with Gasteiger partial charge in [0.1, 0.15) is 0 Å². The molecule has 0 bridgehead atoms. The number of nitrogens with zero attached hydrogens (tertiary/aromatic N) is 1. The summed E-state index contributed by atoms with van der Waals surface area (Å²) in [6.45, 7) is 5.10. The van der Waals surface area contributed by atoms with Crippen LogP contribution in [0.25, 0.3) is 0 Å². The van der Waals surface area contributed by atoms with Gasteiger partial charge >= 0.3 is 0 Å². The molecule has 2 aromatic rings. The second kappa shape index (κ2) is 6.69. The Morgan fingerprint density at radius 3 is 2.63 bits per heavy atom. The third-order valence-electron chi connectivity index (χ3n) is 3.02. The van der Waals surface area contributed by atoms with Crippen LogP contribution >= 0.6 is 11.6 Å². The molecule has 0 aliphatic rings. The van der Waals surface area contributed by atoms with E-state index >= 15 is 0 Å². The topological polar surface area (TPSA) is 24.9 Å². The van der Waals surface area contributed by atoms with Gasteiger partial charge in [-0.15, -0.1) is 0 Å². The van der Waals surface area contributed by atoms with Crippen molar-refractivity contribution in [2.24, 2.45) is 0 Å². The Kier molecular flexibility index (Phi) is 4.94. The summed E-state index contributed by atoms with van der Waals surface area (Å²) in [5.41, 5.74) is 3.12. The molecule has 100 valence electrons. The minimum atomic E-state index is 0.0496. The van der Waals surface area contributed by atoms with Crippen molar-refractivity contribution in [3.63, 3.8) is 0 Å². The predicted octanol–water partition coefficient (Wildman–Crippen LogP) is 4.13. The quantitative estimate of drug-likeness (QED) is 0.887. The van der Waals surface area contributed by atoms with E-state index in [1.54, 1.807) is 0 Å². The number of aromatic nitrogens is 1.